The van der Waals surface area contributed by atoms with Crippen LogP contribution in [0, 0.1) is 0 Å². The van der Waals surface area contributed by atoms with Crippen molar-refractivity contribution in [1.82, 2.24) is 4.57 Å². The van der Waals surface area contributed by atoms with Crippen molar-refractivity contribution in [2.75, 3.05) is 5.32 Å². The normalized spacial score (nSPS) is 12.1. The summed E-state index contributed by atoms with van der Waals surface area (Å²) < 4.78 is 5.18. The van der Waals surface area contributed by atoms with Crippen LogP contribution in [0.1, 0.15) is 0 Å². The Labute approximate surface area is 271 Å². The Morgan fingerprint density at radius 1 is 0.543 bits per heavy atom. The van der Waals surface area contributed by atoms with Crippen molar-refractivity contribution < 1.29 is 0 Å². The first kappa shape index (κ1) is 25.7. The maximum Gasteiger partial charge on any atom is 0.197 e. The molecule has 3 heterocycles. The third-order valence-electron chi connectivity index (χ3n) is 9.40. The van der Waals surface area contributed by atoms with E-state index in [0.717, 1.165) is 11.4 Å². The number of rotatable bonds is 4. The van der Waals surface area contributed by atoms with E-state index in [-0.39, 0.29) is 0 Å². The Morgan fingerprint density at radius 3 is 2.13 bits per heavy atom. The van der Waals surface area contributed by atoms with Crippen molar-refractivity contribution in [3.63, 3.8) is 0 Å². The fourth-order valence-electron chi connectivity index (χ4n) is 7.40. The summed E-state index contributed by atoms with van der Waals surface area (Å²) in [5, 5.41) is 8.94. The number of hydrogen-bond acceptors (Lipinski definition) is 2. The van der Waals surface area contributed by atoms with Crippen molar-refractivity contribution in [2.24, 2.45) is 0 Å². The molecule has 0 amide bonds. The Kier molecular flexibility index (Phi) is 5.57. The minimum atomic E-state index is 1.07. The minimum Gasteiger partial charge on any atom is -0.355 e. The van der Waals surface area contributed by atoms with Gasteiger partial charge in [-0.25, -0.2) is 0 Å². The maximum atomic E-state index is 3.73. The number of hydrogen-bond donors (Lipinski definition) is 1. The molecule has 2 nitrogen and oxygen atoms in total. The smallest absolute Gasteiger partial charge is 0.197 e. The summed E-state index contributed by atoms with van der Waals surface area (Å²) in [5.41, 5.74) is 13.3. The number of nitrogens with zero attached hydrogens (tertiary/aromatic N) is 1. The van der Waals surface area contributed by atoms with E-state index in [2.05, 4.69) is 169 Å². The molecule has 0 spiro atoms. The molecule has 7 aromatic carbocycles. The number of benzene rings is 7. The van der Waals surface area contributed by atoms with Crippen LogP contribution < -0.4 is 16.2 Å². The van der Waals surface area contributed by atoms with Crippen LogP contribution in [0.4, 0.5) is 11.4 Å². The zero-order valence-electron chi connectivity index (χ0n) is 24.9. The quantitative estimate of drug-likeness (QED) is 0.199. The van der Waals surface area contributed by atoms with E-state index >= 15 is 0 Å². The average Bonchev–Trinajstić information content (AvgIpc) is 3.65. The molecule has 1 aliphatic rings. The van der Waals surface area contributed by atoms with Gasteiger partial charge in [0.05, 0.1) is 5.52 Å². The molecule has 10 rings (SSSR count). The highest BCUT2D eigenvalue weighted by molar-refractivity contribution is 7.25. The lowest BCUT2D eigenvalue weighted by atomic mass is 9.58. The molecule has 0 saturated carbocycles. The van der Waals surface area contributed by atoms with E-state index in [9.17, 15) is 0 Å². The van der Waals surface area contributed by atoms with Crippen LogP contribution in [0.5, 0.6) is 0 Å². The van der Waals surface area contributed by atoms with Gasteiger partial charge in [0, 0.05) is 59.1 Å². The highest BCUT2D eigenvalue weighted by Crippen LogP contribution is 2.44. The van der Waals surface area contributed by atoms with Gasteiger partial charge in [-0.1, -0.05) is 109 Å². The zero-order valence-corrected chi connectivity index (χ0v) is 25.7. The number of nitrogens with one attached hydrogen (secondary N) is 1. The fourth-order valence-corrected chi connectivity index (χ4v) is 8.53. The van der Waals surface area contributed by atoms with Gasteiger partial charge in [-0.05, 0) is 70.7 Å². The van der Waals surface area contributed by atoms with E-state index in [1.165, 1.54) is 80.8 Å². The van der Waals surface area contributed by atoms with Crippen molar-refractivity contribution >= 4 is 82.9 Å². The first-order chi connectivity index (χ1) is 22.8. The van der Waals surface area contributed by atoms with Gasteiger partial charge in [-0.15, -0.1) is 11.3 Å². The second-order valence-electron chi connectivity index (χ2n) is 12.0. The van der Waals surface area contributed by atoms with E-state index in [1.54, 1.807) is 0 Å². The van der Waals surface area contributed by atoms with Gasteiger partial charge in [-0.2, -0.15) is 0 Å². The first-order valence-electron chi connectivity index (χ1n) is 15.7. The SMILES string of the molecule is [B]1c2cc3sc4ccccc4c3cc2-n2c3ccccc3c3c(-c4ccccc4)cc(-c4ccccc4Nc4ccccc4)c1c32. The Bertz CT molecular complexity index is 2630. The zero-order chi connectivity index (χ0) is 30.2. The molecule has 1 aliphatic heterocycles. The van der Waals surface area contributed by atoms with Crippen molar-refractivity contribution in [1.29, 1.82) is 0 Å². The molecule has 0 bridgehead atoms. The molecule has 213 valence electrons. The number of para-hydroxylation sites is 3. The standard InChI is InChI=1S/C42H26BN2S/c1-3-13-26(14-4-1)31-23-33(28-17-7-10-20-35(28)44-27-15-5-2-6-16-27)41-42-40(31)30-19-8-11-21-36(30)45(42)37-24-32-29-18-9-12-22-38(29)46-39(32)25-34(37)43-41/h1-25,44H. The lowest BCUT2D eigenvalue weighted by molar-refractivity contribution is 1.20. The van der Waals surface area contributed by atoms with Gasteiger partial charge in [0.15, 0.2) is 7.28 Å². The van der Waals surface area contributed by atoms with Gasteiger partial charge in [-0.3, -0.25) is 0 Å². The monoisotopic (exact) mass is 601 g/mol. The molecule has 2 aromatic heterocycles. The molecule has 0 fully saturated rings. The summed E-state index contributed by atoms with van der Waals surface area (Å²) in [7, 11) is 2.43. The molecule has 1 N–H and O–H groups in total. The Hall–Kier alpha value is -5.58. The second kappa shape index (κ2) is 9.97. The third-order valence-corrected chi connectivity index (χ3v) is 10.5. The van der Waals surface area contributed by atoms with E-state index in [1.807, 2.05) is 11.3 Å². The first-order valence-corrected chi connectivity index (χ1v) is 16.5. The van der Waals surface area contributed by atoms with Crippen LogP contribution in [0.15, 0.2) is 152 Å². The van der Waals surface area contributed by atoms with Gasteiger partial charge >= 0.3 is 0 Å². The lowest BCUT2D eigenvalue weighted by Gasteiger charge is -2.25. The third kappa shape index (κ3) is 3.77. The van der Waals surface area contributed by atoms with Gasteiger partial charge in [0.1, 0.15) is 0 Å². The van der Waals surface area contributed by atoms with Gasteiger partial charge < -0.3 is 9.88 Å². The molecule has 1 radical (unpaired) electrons. The van der Waals surface area contributed by atoms with Crippen LogP contribution in [0.2, 0.25) is 0 Å². The molecule has 0 unspecified atom stereocenters. The molecular formula is C42H26BN2S. The summed E-state index contributed by atoms with van der Waals surface area (Å²) in [6.07, 6.45) is 0. The Morgan fingerprint density at radius 2 is 1.26 bits per heavy atom. The van der Waals surface area contributed by atoms with Crippen molar-refractivity contribution in [3.8, 4) is 27.9 Å². The Balaban J connectivity index is 1.34. The summed E-state index contributed by atoms with van der Waals surface area (Å²) in [4.78, 5) is 0. The predicted octanol–water partition coefficient (Wildman–Crippen LogP) is 10.2. The second-order valence-corrected chi connectivity index (χ2v) is 13.1. The minimum absolute atomic E-state index is 1.07. The number of anilines is 2. The summed E-state index contributed by atoms with van der Waals surface area (Å²) in [6, 6.07) is 55.0. The number of fused-ring (bicyclic) bond motifs is 8. The average molecular weight is 602 g/mol. The molecule has 9 aromatic rings. The van der Waals surface area contributed by atoms with Gasteiger partial charge in [0.2, 0.25) is 0 Å². The number of aromatic nitrogens is 1. The highest BCUT2D eigenvalue weighted by Gasteiger charge is 2.29. The molecule has 0 atom stereocenters. The summed E-state index contributed by atoms with van der Waals surface area (Å²) in [6.45, 7) is 0. The highest BCUT2D eigenvalue weighted by atomic mass is 32.1. The van der Waals surface area contributed by atoms with E-state index in [4.69, 9.17) is 0 Å². The maximum absolute atomic E-state index is 3.73. The van der Waals surface area contributed by atoms with Crippen molar-refractivity contribution in [2.45, 2.75) is 0 Å². The van der Waals surface area contributed by atoms with Crippen LogP contribution in [0.3, 0.4) is 0 Å². The van der Waals surface area contributed by atoms with Crippen LogP contribution in [-0.2, 0) is 0 Å². The summed E-state index contributed by atoms with van der Waals surface area (Å²) in [5.74, 6) is 0. The van der Waals surface area contributed by atoms with E-state index in [0.29, 0.717) is 0 Å². The summed E-state index contributed by atoms with van der Waals surface area (Å²) >= 11 is 1.88. The van der Waals surface area contributed by atoms with Crippen LogP contribution in [0.25, 0.3) is 69.9 Å². The van der Waals surface area contributed by atoms with Crippen molar-refractivity contribution in [3.05, 3.63) is 152 Å². The lowest BCUT2D eigenvalue weighted by Crippen LogP contribution is -2.37. The fraction of sp³-hybridized carbons (Fsp3) is 0. The van der Waals surface area contributed by atoms with Crippen LogP contribution in [-0.4, -0.2) is 11.8 Å². The molecule has 0 saturated heterocycles. The number of thiophene rings is 1. The molecular weight excluding hydrogens is 575 g/mol. The molecule has 4 heteroatoms. The molecule has 0 aliphatic carbocycles. The molecule has 46 heavy (non-hydrogen) atoms. The van der Waals surface area contributed by atoms with Crippen LogP contribution >= 0.6 is 11.3 Å². The largest absolute Gasteiger partial charge is 0.355 e. The predicted molar refractivity (Wildman–Crippen MR) is 199 cm³/mol. The topological polar surface area (TPSA) is 17.0 Å². The van der Waals surface area contributed by atoms with E-state index < -0.39 is 0 Å². The van der Waals surface area contributed by atoms with Gasteiger partial charge in [0.25, 0.3) is 0 Å².